The van der Waals surface area contributed by atoms with Crippen molar-refractivity contribution in [3.8, 4) is 0 Å². The average Bonchev–Trinajstić information content (AvgIpc) is 2.64. The minimum absolute atomic E-state index is 0.0184. The van der Waals surface area contributed by atoms with Gasteiger partial charge in [0, 0.05) is 32.2 Å². The number of nitrogens with zero attached hydrogens (tertiary/aromatic N) is 2. The summed E-state index contributed by atoms with van der Waals surface area (Å²) in [6, 6.07) is 0.342. The summed E-state index contributed by atoms with van der Waals surface area (Å²) in [5, 5.41) is 6.36. The summed E-state index contributed by atoms with van der Waals surface area (Å²) in [6.07, 6.45) is 4.88. The Labute approximate surface area is 152 Å². The van der Waals surface area contributed by atoms with Gasteiger partial charge in [-0.15, -0.1) is 0 Å². The summed E-state index contributed by atoms with van der Waals surface area (Å²) in [4.78, 5) is 29.5. The predicted molar refractivity (Wildman–Crippen MR) is 100 cm³/mol. The Bertz CT molecular complexity index is 435. The third kappa shape index (κ3) is 5.87. The number of amides is 3. The largest absolute Gasteiger partial charge is 0.339 e. The Kier molecular flexibility index (Phi) is 8.00. The molecule has 3 amide bonds. The van der Waals surface area contributed by atoms with Gasteiger partial charge in [0.2, 0.25) is 5.91 Å². The van der Waals surface area contributed by atoms with Gasteiger partial charge in [-0.25, -0.2) is 4.79 Å². The Balaban J connectivity index is 1.95. The summed E-state index contributed by atoms with van der Waals surface area (Å²) in [5.41, 5.74) is 0. The van der Waals surface area contributed by atoms with Crippen molar-refractivity contribution >= 4 is 11.9 Å². The molecule has 0 aliphatic carbocycles. The molecular formula is C19H36N4O2. The molecule has 2 fully saturated rings. The van der Waals surface area contributed by atoms with Gasteiger partial charge in [0.05, 0.1) is 5.92 Å². The molecule has 2 N–H and O–H groups in total. The molecule has 2 aliphatic heterocycles. The lowest BCUT2D eigenvalue weighted by Crippen LogP contribution is -2.53. The van der Waals surface area contributed by atoms with Gasteiger partial charge in [-0.2, -0.15) is 0 Å². The molecule has 6 heteroatoms. The molecule has 2 rings (SSSR count). The van der Waals surface area contributed by atoms with Gasteiger partial charge in [-0.1, -0.05) is 20.8 Å². The lowest BCUT2D eigenvalue weighted by molar-refractivity contribution is -0.140. The first-order chi connectivity index (χ1) is 12.0. The maximum Gasteiger partial charge on any atom is 0.317 e. The fourth-order valence-corrected chi connectivity index (χ4v) is 3.83. The van der Waals surface area contributed by atoms with Gasteiger partial charge < -0.3 is 20.4 Å². The van der Waals surface area contributed by atoms with Gasteiger partial charge in [0.15, 0.2) is 0 Å². The van der Waals surface area contributed by atoms with Gasteiger partial charge in [0.1, 0.15) is 0 Å². The van der Waals surface area contributed by atoms with Crippen molar-refractivity contribution in [1.29, 1.82) is 0 Å². The number of hydrogen-bond acceptors (Lipinski definition) is 3. The SMILES string of the molecule is CCCN(C(=O)C1CCCN(C(=O)NCC(C)C)C1)C1CCNCC1. The van der Waals surface area contributed by atoms with Crippen LogP contribution in [0.1, 0.15) is 52.9 Å². The fraction of sp³-hybridized carbons (Fsp3) is 0.895. The van der Waals surface area contributed by atoms with Gasteiger partial charge in [0.25, 0.3) is 0 Å². The molecule has 144 valence electrons. The quantitative estimate of drug-likeness (QED) is 0.769. The summed E-state index contributed by atoms with van der Waals surface area (Å²) >= 11 is 0. The molecule has 6 nitrogen and oxygen atoms in total. The van der Waals surface area contributed by atoms with Crippen LogP contribution in [0.15, 0.2) is 0 Å². The van der Waals surface area contributed by atoms with E-state index >= 15 is 0 Å². The molecule has 25 heavy (non-hydrogen) atoms. The number of carbonyl (C=O) groups excluding carboxylic acids is 2. The van der Waals surface area contributed by atoms with Crippen molar-refractivity contribution in [2.75, 3.05) is 39.3 Å². The zero-order chi connectivity index (χ0) is 18.2. The number of carbonyl (C=O) groups is 2. The van der Waals surface area contributed by atoms with E-state index in [4.69, 9.17) is 0 Å². The highest BCUT2D eigenvalue weighted by molar-refractivity contribution is 5.81. The van der Waals surface area contributed by atoms with Crippen LogP contribution in [0.2, 0.25) is 0 Å². The summed E-state index contributed by atoms with van der Waals surface area (Å²) in [6.45, 7) is 11.1. The van der Waals surface area contributed by atoms with Crippen LogP contribution in [0.5, 0.6) is 0 Å². The monoisotopic (exact) mass is 352 g/mol. The first-order valence-electron chi connectivity index (χ1n) is 10.1. The lowest BCUT2D eigenvalue weighted by atomic mass is 9.94. The van der Waals surface area contributed by atoms with Crippen molar-refractivity contribution in [2.45, 2.75) is 58.9 Å². The zero-order valence-electron chi connectivity index (χ0n) is 16.2. The minimum atomic E-state index is -0.0417. The maximum absolute atomic E-state index is 13.2. The van der Waals surface area contributed by atoms with Crippen LogP contribution in [0.3, 0.4) is 0 Å². The molecule has 0 radical (unpaired) electrons. The lowest BCUT2D eigenvalue weighted by Gasteiger charge is -2.39. The van der Waals surface area contributed by atoms with Crippen molar-refractivity contribution < 1.29 is 9.59 Å². The van der Waals surface area contributed by atoms with Crippen LogP contribution in [0, 0.1) is 11.8 Å². The summed E-state index contributed by atoms with van der Waals surface area (Å²) < 4.78 is 0. The molecule has 0 aromatic rings. The second-order valence-corrected chi connectivity index (χ2v) is 7.88. The first kappa shape index (κ1) is 20.0. The maximum atomic E-state index is 13.2. The molecule has 2 heterocycles. The van der Waals surface area contributed by atoms with Crippen molar-refractivity contribution in [3.05, 3.63) is 0 Å². The smallest absolute Gasteiger partial charge is 0.317 e. The number of hydrogen-bond donors (Lipinski definition) is 2. The Morgan fingerprint density at radius 2 is 1.96 bits per heavy atom. The molecule has 0 aromatic heterocycles. The van der Waals surface area contributed by atoms with Crippen molar-refractivity contribution in [1.82, 2.24) is 20.4 Å². The number of urea groups is 1. The third-order valence-corrected chi connectivity index (χ3v) is 5.22. The van der Waals surface area contributed by atoms with E-state index < -0.39 is 0 Å². The number of likely N-dealkylation sites (tertiary alicyclic amines) is 1. The van der Waals surface area contributed by atoms with Crippen LogP contribution in [-0.2, 0) is 4.79 Å². The van der Waals surface area contributed by atoms with Crippen LogP contribution in [-0.4, -0.2) is 67.0 Å². The fourth-order valence-electron chi connectivity index (χ4n) is 3.83. The molecule has 2 saturated heterocycles. The highest BCUT2D eigenvalue weighted by Gasteiger charge is 2.34. The van der Waals surface area contributed by atoms with Crippen LogP contribution in [0.25, 0.3) is 0 Å². The Morgan fingerprint density at radius 3 is 2.60 bits per heavy atom. The second-order valence-electron chi connectivity index (χ2n) is 7.88. The number of piperidine rings is 2. The molecule has 0 spiro atoms. The van der Waals surface area contributed by atoms with E-state index in [1.54, 1.807) is 0 Å². The van der Waals surface area contributed by atoms with Crippen molar-refractivity contribution in [2.24, 2.45) is 11.8 Å². The zero-order valence-corrected chi connectivity index (χ0v) is 16.2. The van der Waals surface area contributed by atoms with Crippen LogP contribution in [0.4, 0.5) is 4.79 Å². The molecule has 1 atom stereocenters. The third-order valence-electron chi connectivity index (χ3n) is 5.22. The molecule has 2 aliphatic rings. The van der Waals surface area contributed by atoms with Gasteiger partial charge in [-0.3, -0.25) is 4.79 Å². The van der Waals surface area contributed by atoms with Gasteiger partial charge >= 0.3 is 6.03 Å². The van der Waals surface area contributed by atoms with E-state index in [1.807, 2.05) is 4.90 Å². The standard InChI is InChI=1S/C19H36N4O2/c1-4-11-23(17-7-9-20-10-8-17)18(24)16-6-5-12-22(14-16)19(25)21-13-15(2)3/h15-17,20H,4-14H2,1-3H3,(H,21,25). The Morgan fingerprint density at radius 1 is 1.24 bits per heavy atom. The van der Waals surface area contributed by atoms with E-state index in [2.05, 4.69) is 36.3 Å². The minimum Gasteiger partial charge on any atom is -0.339 e. The summed E-state index contributed by atoms with van der Waals surface area (Å²) in [7, 11) is 0. The normalized spacial score (nSPS) is 22.1. The number of rotatable bonds is 6. The van der Waals surface area contributed by atoms with E-state index in [1.165, 1.54) is 0 Å². The average molecular weight is 353 g/mol. The van der Waals surface area contributed by atoms with E-state index in [0.717, 1.165) is 58.3 Å². The highest BCUT2D eigenvalue weighted by Crippen LogP contribution is 2.22. The van der Waals surface area contributed by atoms with Crippen LogP contribution >= 0.6 is 0 Å². The molecule has 0 bridgehead atoms. The Hall–Kier alpha value is -1.30. The molecule has 0 aromatic carbocycles. The van der Waals surface area contributed by atoms with E-state index in [-0.39, 0.29) is 17.9 Å². The van der Waals surface area contributed by atoms with E-state index in [0.29, 0.717) is 25.0 Å². The van der Waals surface area contributed by atoms with Crippen LogP contribution < -0.4 is 10.6 Å². The highest BCUT2D eigenvalue weighted by atomic mass is 16.2. The second kappa shape index (κ2) is 10.00. The van der Waals surface area contributed by atoms with E-state index in [9.17, 15) is 9.59 Å². The topological polar surface area (TPSA) is 64.7 Å². The molecule has 0 saturated carbocycles. The van der Waals surface area contributed by atoms with Crippen molar-refractivity contribution in [3.63, 3.8) is 0 Å². The van der Waals surface area contributed by atoms with Gasteiger partial charge in [-0.05, 0) is 51.1 Å². The predicted octanol–water partition coefficient (Wildman–Crippen LogP) is 2.05. The number of nitrogens with one attached hydrogen (secondary N) is 2. The summed E-state index contributed by atoms with van der Waals surface area (Å²) in [5.74, 6) is 0.654. The first-order valence-corrected chi connectivity index (χ1v) is 10.1. The molecule has 1 unspecified atom stereocenters. The molecular weight excluding hydrogens is 316 g/mol.